The monoisotopic (exact) mass is 718 g/mol. The van der Waals surface area contributed by atoms with E-state index in [1.54, 1.807) is 22.7 Å². The molecule has 0 amide bonds. The van der Waals surface area contributed by atoms with Crippen molar-refractivity contribution in [1.29, 1.82) is 0 Å². The van der Waals surface area contributed by atoms with Crippen molar-refractivity contribution in [1.82, 2.24) is 20.2 Å². The van der Waals surface area contributed by atoms with Crippen LogP contribution in [0.4, 0.5) is 21.9 Å². The number of hydrogen-bond donors (Lipinski definition) is 2. The molecule has 51 heavy (non-hydrogen) atoms. The Kier molecular flexibility index (Phi) is 9.14. The number of nitrogens with one attached hydrogen (secondary N) is 1. The molecule has 5 aromatic rings. The third-order valence-corrected chi connectivity index (χ3v) is 13.5. The van der Waals surface area contributed by atoms with E-state index in [1.165, 1.54) is 48.1 Å². The smallest absolute Gasteiger partial charge is 0.191 e. The van der Waals surface area contributed by atoms with E-state index in [1.807, 2.05) is 30.3 Å². The molecule has 10 heteroatoms. The standard InChI is InChI=1S/C41H46N6O2S2/c1-5-6-7-12-26(2)22-40-23-41(24-40,25-40)29-17-18-33(32(48)21-29)49-20-11-16-34-28(4)42-39(51-34)47-19-10-13-30-27(3)36(45-46-37(30)47)44-38-43-31-14-8-9-15-35(31)50-38/h1,8-9,14-15,17-18,21,26,48H,6-7,10-13,16,19-20,22-25H2,2-4H3,(H,43,44,45). The van der Waals surface area contributed by atoms with E-state index in [2.05, 4.69) is 54.1 Å². The molecule has 8 nitrogen and oxygen atoms in total. The first kappa shape index (κ1) is 33.9. The summed E-state index contributed by atoms with van der Waals surface area (Å²) < 4.78 is 7.23. The van der Waals surface area contributed by atoms with Gasteiger partial charge in [-0.3, -0.25) is 0 Å². The Morgan fingerprint density at radius 1 is 1.08 bits per heavy atom. The molecule has 2 aromatic carbocycles. The highest BCUT2D eigenvalue weighted by Crippen LogP contribution is 2.76. The lowest BCUT2D eigenvalue weighted by molar-refractivity contribution is -0.154. The first-order chi connectivity index (χ1) is 24.7. The molecule has 4 heterocycles. The summed E-state index contributed by atoms with van der Waals surface area (Å²) in [5.41, 5.74) is 6.38. The van der Waals surface area contributed by atoms with Gasteiger partial charge in [0.1, 0.15) is 0 Å². The van der Waals surface area contributed by atoms with Crippen molar-refractivity contribution < 1.29 is 9.84 Å². The zero-order valence-electron chi connectivity index (χ0n) is 29.8. The van der Waals surface area contributed by atoms with Gasteiger partial charge < -0.3 is 20.1 Å². The van der Waals surface area contributed by atoms with Gasteiger partial charge in [0.25, 0.3) is 0 Å². The highest BCUT2D eigenvalue weighted by Gasteiger charge is 2.67. The molecule has 9 rings (SSSR count). The van der Waals surface area contributed by atoms with Crippen LogP contribution in [0.1, 0.15) is 92.0 Å². The Morgan fingerprint density at radius 3 is 2.73 bits per heavy atom. The van der Waals surface area contributed by atoms with E-state index < -0.39 is 0 Å². The lowest BCUT2D eigenvalue weighted by atomic mass is 9.32. The van der Waals surface area contributed by atoms with Gasteiger partial charge in [-0.05, 0) is 125 Å². The first-order valence-electron chi connectivity index (χ1n) is 18.4. The van der Waals surface area contributed by atoms with Gasteiger partial charge in [0.05, 0.1) is 22.5 Å². The number of aromatic hydroxyl groups is 1. The third-order valence-electron chi connectivity index (χ3n) is 11.3. The van der Waals surface area contributed by atoms with Crippen LogP contribution in [0.25, 0.3) is 10.2 Å². The molecule has 1 atom stereocenters. The normalized spacial score (nSPS) is 21.0. The number of benzene rings is 2. The number of para-hydroxylation sites is 1. The zero-order chi connectivity index (χ0) is 35.2. The quantitative estimate of drug-likeness (QED) is 0.0866. The highest BCUT2D eigenvalue weighted by molar-refractivity contribution is 7.22. The number of terminal acetylenes is 1. The molecule has 1 unspecified atom stereocenters. The summed E-state index contributed by atoms with van der Waals surface area (Å²) in [6.07, 6.45) is 17.4. The number of fused-ring (bicyclic) bond motifs is 2. The van der Waals surface area contributed by atoms with Crippen molar-refractivity contribution in [2.75, 3.05) is 23.4 Å². The summed E-state index contributed by atoms with van der Waals surface area (Å²) in [7, 11) is 0. The van der Waals surface area contributed by atoms with Crippen molar-refractivity contribution in [3.8, 4) is 23.8 Å². The summed E-state index contributed by atoms with van der Waals surface area (Å²) in [6, 6.07) is 14.2. The molecule has 3 aromatic heterocycles. The molecular formula is C41H46N6O2S2. The number of hydrogen-bond acceptors (Lipinski definition) is 10. The highest BCUT2D eigenvalue weighted by atomic mass is 32.1. The molecule has 264 valence electrons. The van der Waals surface area contributed by atoms with Gasteiger partial charge in [0, 0.05) is 29.0 Å². The lowest BCUT2D eigenvalue weighted by Gasteiger charge is -2.72. The van der Waals surface area contributed by atoms with Crippen molar-refractivity contribution >= 4 is 54.8 Å². The predicted octanol–water partition coefficient (Wildman–Crippen LogP) is 9.96. The van der Waals surface area contributed by atoms with Crippen LogP contribution in [-0.4, -0.2) is 38.4 Å². The topological polar surface area (TPSA) is 96.3 Å². The summed E-state index contributed by atoms with van der Waals surface area (Å²) >= 11 is 3.35. The molecule has 2 N–H and O–H groups in total. The van der Waals surface area contributed by atoms with Gasteiger partial charge in [-0.25, -0.2) is 9.97 Å². The fraction of sp³-hybridized carbons (Fsp3) is 0.463. The van der Waals surface area contributed by atoms with Gasteiger partial charge in [0.2, 0.25) is 0 Å². The van der Waals surface area contributed by atoms with E-state index >= 15 is 0 Å². The number of phenolic OH excluding ortho intramolecular Hbond substituents is 1. The molecule has 3 fully saturated rings. The molecule has 3 saturated carbocycles. The number of aromatic nitrogens is 4. The van der Waals surface area contributed by atoms with Gasteiger partial charge >= 0.3 is 0 Å². The van der Waals surface area contributed by atoms with Crippen LogP contribution in [0.3, 0.4) is 0 Å². The van der Waals surface area contributed by atoms with Crippen LogP contribution in [-0.2, 0) is 18.3 Å². The van der Waals surface area contributed by atoms with Crippen LogP contribution in [0.2, 0.25) is 0 Å². The lowest BCUT2D eigenvalue weighted by Crippen LogP contribution is -2.64. The molecule has 0 radical (unpaired) electrons. The Labute approximate surface area is 308 Å². The minimum absolute atomic E-state index is 0.254. The van der Waals surface area contributed by atoms with Crippen LogP contribution in [0.5, 0.6) is 11.5 Å². The van der Waals surface area contributed by atoms with E-state index in [9.17, 15) is 5.11 Å². The van der Waals surface area contributed by atoms with Crippen molar-refractivity contribution in [3.05, 3.63) is 69.7 Å². The average Bonchev–Trinajstić information content (AvgIpc) is 3.68. The average molecular weight is 719 g/mol. The number of unbranched alkanes of at least 4 members (excludes halogenated alkanes) is 1. The van der Waals surface area contributed by atoms with Crippen molar-refractivity contribution in [3.63, 3.8) is 0 Å². The largest absolute Gasteiger partial charge is 0.504 e. The molecule has 1 aliphatic heterocycles. The van der Waals surface area contributed by atoms with Gasteiger partial charge in [-0.2, -0.15) is 0 Å². The summed E-state index contributed by atoms with van der Waals surface area (Å²) in [5.74, 6) is 5.98. The maximum Gasteiger partial charge on any atom is 0.191 e. The molecule has 0 spiro atoms. The molecular weight excluding hydrogens is 673 g/mol. The van der Waals surface area contributed by atoms with Gasteiger partial charge in [0.15, 0.2) is 33.4 Å². The second-order valence-corrected chi connectivity index (χ2v) is 17.3. The SMILES string of the molecule is C#CCCCC(C)CC12CC(c3ccc(OCCCc4sc(N5CCCc6c5nnc(Nc5nc7ccccc7s5)c6C)nc4C)c(O)c3)(C1)C2. The maximum absolute atomic E-state index is 10.9. The second-order valence-electron chi connectivity index (χ2n) is 15.2. The number of anilines is 4. The third kappa shape index (κ3) is 6.55. The number of nitrogens with zero attached hydrogens (tertiary/aromatic N) is 5. The number of phenols is 1. The minimum Gasteiger partial charge on any atom is -0.504 e. The van der Waals surface area contributed by atoms with Crippen molar-refractivity contribution in [2.45, 2.75) is 96.8 Å². The molecule has 3 aliphatic carbocycles. The molecule has 4 aliphatic rings. The van der Waals surface area contributed by atoms with Gasteiger partial charge in [-0.1, -0.05) is 36.5 Å². The van der Waals surface area contributed by atoms with Crippen LogP contribution < -0.4 is 15.0 Å². The molecule has 0 saturated heterocycles. The van der Waals surface area contributed by atoms with Crippen LogP contribution >= 0.6 is 22.7 Å². The number of aryl methyl sites for hydroxylation is 2. The summed E-state index contributed by atoms with van der Waals surface area (Å²) in [5, 5.41) is 25.4. The van der Waals surface area contributed by atoms with E-state index in [0.717, 1.165) is 94.4 Å². The zero-order valence-corrected chi connectivity index (χ0v) is 31.4. The van der Waals surface area contributed by atoms with Crippen LogP contribution in [0.15, 0.2) is 42.5 Å². The number of ether oxygens (including phenoxy) is 1. The number of thiazole rings is 2. The van der Waals surface area contributed by atoms with E-state index in [4.69, 9.17) is 26.2 Å². The van der Waals surface area contributed by atoms with E-state index in [-0.39, 0.29) is 11.2 Å². The Hall–Kier alpha value is -4.20. The Balaban J connectivity index is 0.849. The van der Waals surface area contributed by atoms with Crippen molar-refractivity contribution in [2.24, 2.45) is 11.3 Å². The Morgan fingerprint density at radius 2 is 1.92 bits per heavy atom. The fourth-order valence-electron chi connectivity index (χ4n) is 8.97. The summed E-state index contributed by atoms with van der Waals surface area (Å²) in [4.78, 5) is 13.2. The second kappa shape index (κ2) is 13.7. The maximum atomic E-state index is 10.9. The Bertz CT molecular complexity index is 2060. The number of rotatable bonds is 14. The summed E-state index contributed by atoms with van der Waals surface area (Å²) in [6.45, 7) is 7.98. The minimum atomic E-state index is 0.254. The first-order valence-corrected chi connectivity index (χ1v) is 20.0. The van der Waals surface area contributed by atoms with Gasteiger partial charge in [-0.15, -0.1) is 33.9 Å². The predicted molar refractivity (Wildman–Crippen MR) is 208 cm³/mol. The fourth-order valence-corrected chi connectivity index (χ4v) is 11.0. The van der Waals surface area contributed by atoms with E-state index in [0.29, 0.717) is 17.8 Å². The van der Waals surface area contributed by atoms with Crippen LogP contribution in [0, 0.1) is 37.5 Å². The molecule has 2 bridgehead atoms.